The zero-order valence-corrected chi connectivity index (χ0v) is 18.1. The predicted octanol–water partition coefficient (Wildman–Crippen LogP) is 3.72. The van der Waals surface area contributed by atoms with Crippen molar-refractivity contribution in [1.29, 1.82) is 0 Å². The van der Waals surface area contributed by atoms with Gasteiger partial charge in [0.05, 0.1) is 16.7 Å². The van der Waals surface area contributed by atoms with Crippen LogP contribution in [0.3, 0.4) is 0 Å². The number of nitrogens with zero attached hydrogens (tertiary/aromatic N) is 1. The Morgan fingerprint density at radius 2 is 1.76 bits per heavy atom. The molecule has 0 spiro atoms. The molecule has 2 aromatic carbocycles. The third-order valence-electron chi connectivity index (χ3n) is 4.69. The molecule has 2 aromatic rings. The van der Waals surface area contributed by atoms with E-state index in [9.17, 15) is 13.2 Å². The molecule has 1 aliphatic rings. The fraction of sp³-hybridized carbons (Fsp3) is 0.318. The molecular weight excluding hydrogens is 388 g/mol. The fourth-order valence-corrected chi connectivity index (χ4v) is 4.31. The largest absolute Gasteiger partial charge is 0.491 e. The summed E-state index contributed by atoms with van der Waals surface area (Å²) in [5.74, 6) is 0.625. The predicted molar refractivity (Wildman–Crippen MR) is 114 cm³/mol. The lowest BCUT2D eigenvalue weighted by Crippen LogP contribution is -2.23. The van der Waals surface area contributed by atoms with Crippen LogP contribution in [0.4, 0.5) is 5.69 Å². The van der Waals surface area contributed by atoms with Crippen LogP contribution in [0.2, 0.25) is 0 Å². The van der Waals surface area contributed by atoms with Crippen LogP contribution in [0, 0.1) is 0 Å². The molecule has 1 heterocycles. The summed E-state index contributed by atoms with van der Waals surface area (Å²) in [5, 5.41) is 0. The molecule has 1 N–H and O–H groups in total. The minimum absolute atomic E-state index is 0.0794. The summed E-state index contributed by atoms with van der Waals surface area (Å²) in [6.07, 6.45) is 0.0794. The minimum atomic E-state index is -3.73. The SMILES string of the molecule is CC(C)=C1C(=O)N(C)c2ccc(S(=O)(=O)NCc3ccc(OC(C)C)cc3)cc21. The molecular formula is C22H26N2O4S. The number of likely N-dealkylation sites (N-methyl/N-ethyl adjacent to an activating group) is 1. The number of anilines is 1. The van der Waals surface area contributed by atoms with E-state index in [1.807, 2.05) is 52.0 Å². The van der Waals surface area contributed by atoms with E-state index >= 15 is 0 Å². The van der Waals surface area contributed by atoms with Gasteiger partial charge in [0, 0.05) is 24.7 Å². The Bertz CT molecular complexity index is 1070. The molecule has 0 radical (unpaired) electrons. The Kier molecular flexibility index (Phi) is 5.82. The number of carbonyl (C=O) groups excluding carboxylic acids is 1. The van der Waals surface area contributed by atoms with E-state index in [1.54, 1.807) is 24.1 Å². The number of benzene rings is 2. The number of carbonyl (C=O) groups is 1. The molecule has 0 unspecified atom stereocenters. The van der Waals surface area contributed by atoms with Crippen LogP contribution in [0.25, 0.3) is 5.57 Å². The summed E-state index contributed by atoms with van der Waals surface area (Å²) >= 11 is 0. The molecule has 0 aliphatic carbocycles. The Balaban J connectivity index is 1.81. The number of allylic oxidation sites excluding steroid dienone is 1. The first-order valence-corrected chi connectivity index (χ1v) is 10.9. The quantitative estimate of drug-likeness (QED) is 0.731. The number of hydrogen-bond acceptors (Lipinski definition) is 4. The van der Waals surface area contributed by atoms with Crippen LogP contribution in [-0.4, -0.2) is 27.5 Å². The van der Waals surface area contributed by atoms with Gasteiger partial charge in [0.1, 0.15) is 5.75 Å². The highest BCUT2D eigenvalue weighted by Crippen LogP contribution is 2.38. The monoisotopic (exact) mass is 414 g/mol. The van der Waals surface area contributed by atoms with Crippen molar-refractivity contribution >= 4 is 27.2 Å². The molecule has 0 saturated carbocycles. The maximum atomic E-state index is 12.8. The van der Waals surface area contributed by atoms with Crippen LogP contribution in [0.1, 0.15) is 38.8 Å². The standard InChI is InChI=1S/C22H26N2O4S/c1-14(2)21-19-12-18(10-11-20(19)24(5)22(21)25)29(26,27)23-13-16-6-8-17(9-7-16)28-15(3)4/h6-12,15,23H,13H2,1-5H3. The van der Waals surface area contributed by atoms with E-state index in [0.29, 0.717) is 16.8 Å². The van der Waals surface area contributed by atoms with Crippen LogP contribution < -0.4 is 14.4 Å². The number of nitrogens with one attached hydrogen (secondary N) is 1. The summed E-state index contributed by atoms with van der Waals surface area (Å²) in [6, 6.07) is 12.1. The first-order chi connectivity index (χ1) is 13.6. The molecule has 0 atom stereocenters. The third-order valence-corrected chi connectivity index (χ3v) is 6.09. The maximum Gasteiger partial charge on any atom is 0.258 e. The summed E-state index contributed by atoms with van der Waals surface area (Å²) in [4.78, 5) is 14.1. The molecule has 0 saturated heterocycles. The second-order valence-corrected chi connectivity index (χ2v) is 9.32. The lowest BCUT2D eigenvalue weighted by Gasteiger charge is -2.12. The summed E-state index contributed by atoms with van der Waals surface area (Å²) in [5.41, 5.74) is 3.60. The second kappa shape index (κ2) is 8.00. The van der Waals surface area contributed by atoms with Crippen molar-refractivity contribution in [3.63, 3.8) is 0 Å². The van der Waals surface area contributed by atoms with Gasteiger partial charge in [0.25, 0.3) is 5.91 Å². The van der Waals surface area contributed by atoms with E-state index in [4.69, 9.17) is 4.74 Å². The topological polar surface area (TPSA) is 75.7 Å². The fourth-order valence-electron chi connectivity index (χ4n) is 3.27. The van der Waals surface area contributed by atoms with Crippen LogP contribution >= 0.6 is 0 Å². The smallest absolute Gasteiger partial charge is 0.258 e. The van der Waals surface area contributed by atoms with E-state index in [2.05, 4.69) is 4.72 Å². The normalized spacial score (nSPS) is 13.8. The molecule has 7 heteroatoms. The number of sulfonamides is 1. The van der Waals surface area contributed by atoms with Crippen molar-refractivity contribution in [1.82, 2.24) is 4.72 Å². The molecule has 1 aliphatic heterocycles. The lowest BCUT2D eigenvalue weighted by molar-refractivity contribution is -0.112. The van der Waals surface area contributed by atoms with Crippen molar-refractivity contribution in [3.05, 3.63) is 59.2 Å². The molecule has 154 valence electrons. The summed E-state index contributed by atoms with van der Waals surface area (Å²) in [6.45, 7) is 7.76. The van der Waals surface area contributed by atoms with Gasteiger partial charge >= 0.3 is 0 Å². The molecule has 3 rings (SSSR count). The molecule has 0 fully saturated rings. The van der Waals surface area contributed by atoms with Gasteiger partial charge < -0.3 is 9.64 Å². The zero-order valence-electron chi connectivity index (χ0n) is 17.3. The van der Waals surface area contributed by atoms with Gasteiger partial charge in [-0.25, -0.2) is 13.1 Å². The van der Waals surface area contributed by atoms with E-state index in [-0.39, 0.29) is 23.5 Å². The average Bonchev–Trinajstić information content (AvgIpc) is 2.91. The van der Waals surface area contributed by atoms with Crippen LogP contribution in [-0.2, 0) is 21.4 Å². The van der Waals surface area contributed by atoms with Crippen LogP contribution in [0.15, 0.2) is 52.9 Å². The van der Waals surface area contributed by atoms with Gasteiger partial charge in [-0.2, -0.15) is 0 Å². The summed E-state index contributed by atoms with van der Waals surface area (Å²) in [7, 11) is -2.04. The maximum absolute atomic E-state index is 12.8. The molecule has 0 aromatic heterocycles. The van der Waals surface area contributed by atoms with E-state index in [0.717, 1.165) is 16.9 Å². The van der Waals surface area contributed by atoms with E-state index < -0.39 is 10.0 Å². The molecule has 1 amide bonds. The third kappa shape index (κ3) is 4.36. The van der Waals surface area contributed by atoms with Gasteiger partial charge in [0.15, 0.2) is 0 Å². The molecule has 29 heavy (non-hydrogen) atoms. The number of fused-ring (bicyclic) bond motifs is 1. The number of hydrogen-bond donors (Lipinski definition) is 1. The summed E-state index contributed by atoms with van der Waals surface area (Å²) < 4.78 is 33.8. The number of amides is 1. The Labute approximate surface area is 172 Å². The van der Waals surface area contributed by atoms with Crippen molar-refractivity contribution < 1.29 is 17.9 Å². The average molecular weight is 415 g/mol. The Hall–Kier alpha value is -2.64. The minimum Gasteiger partial charge on any atom is -0.491 e. The van der Waals surface area contributed by atoms with Crippen LogP contribution in [0.5, 0.6) is 5.75 Å². The highest BCUT2D eigenvalue weighted by molar-refractivity contribution is 7.89. The van der Waals surface area contributed by atoms with Crippen molar-refractivity contribution in [2.45, 2.75) is 45.2 Å². The van der Waals surface area contributed by atoms with Gasteiger partial charge in [-0.1, -0.05) is 17.7 Å². The molecule has 0 bridgehead atoms. The highest BCUT2D eigenvalue weighted by Gasteiger charge is 2.31. The first-order valence-electron chi connectivity index (χ1n) is 9.45. The Morgan fingerprint density at radius 1 is 1.10 bits per heavy atom. The van der Waals surface area contributed by atoms with Crippen molar-refractivity contribution in [3.8, 4) is 5.75 Å². The van der Waals surface area contributed by atoms with E-state index in [1.165, 1.54) is 6.07 Å². The van der Waals surface area contributed by atoms with Crippen molar-refractivity contribution in [2.75, 3.05) is 11.9 Å². The second-order valence-electron chi connectivity index (χ2n) is 7.55. The van der Waals surface area contributed by atoms with Gasteiger partial charge in [-0.15, -0.1) is 0 Å². The molecule has 6 nitrogen and oxygen atoms in total. The van der Waals surface area contributed by atoms with Gasteiger partial charge in [-0.3, -0.25) is 4.79 Å². The van der Waals surface area contributed by atoms with Gasteiger partial charge in [-0.05, 0) is 63.6 Å². The first kappa shape index (κ1) is 21.1. The zero-order chi connectivity index (χ0) is 21.3. The Morgan fingerprint density at radius 3 is 2.34 bits per heavy atom. The highest BCUT2D eigenvalue weighted by atomic mass is 32.2. The van der Waals surface area contributed by atoms with Gasteiger partial charge in [0.2, 0.25) is 10.0 Å². The number of rotatable bonds is 6. The number of ether oxygens (including phenoxy) is 1. The van der Waals surface area contributed by atoms with Crippen molar-refractivity contribution in [2.24, 2.45) is 0 Å². The lowest BCUT2D eigenvalue weighted by atomic mass is 10.0.